The van der Waals surface area contributed by atoms with Crippen LogP contribution in [0.4, 0.5) is 0 Å². The molecular formula is C18H16OS. The van der Waals surface area contributed by atoms with Gasteiger partial charge in [0.05, 0.1) is 0 Å². The average Bonchev–Trinajstić information content (AvgIpc) is 2.50. The Hall–Kier alpha value is -1.80. The molecule has 0 unspecified atom stereocenters. The zero-order valence-electron chi connectivity index (χ0n) is 11.4. The highest BCUT2D eigenvalue weighted by Gasteiger charge is 2.14. The lowest BCUT2D eigenvalue weighted by atomic mass is 9.97. The number of hydrogen-bond donors (Lipinski definition) is 0. The molecule has 0 atom stereocenters. The summed E-state index contributed by atoms with van der Waals surface area (Å²) in [5.74, 6) is 0.871. The van der Waals surface area contributed by atoms with E-state index in [-0.39, 0.29) is 5.12 Å². The summed E-state index contributed by atoms with van der Waals surface area (Å²) in [5.41, 5.74) is 0.858. The van der Waals surface area contributed by atoms with E-state index in [2.05, 4.69) is 25.1 Å². The molecule has 0 heterocycles. The molecule has 0 amide bonds. The van der Waals surface area contributed by atoms with Crippen LogP contribution in [0.15, 0.2) is 54.6 Å². The topological polar surface area (TPSA) is 17.1 Å². The van der Waals surface area contributed by atoms with Crippen LogP contribution >= 0.6 is 11.8 Å². The third-order valence-electron chi connectivity index (χ3n) is 3.41. The summed E-state index contributed by atoms with van der Waals surface area (Å²) in [6.45, 7) is 2.10. The van der Waals surface area contributed by atoms with Gasteiger partial charge in [0.2, 0.25) is 5.12 Å². The fraction of sp³-hybridized carbons (Fsp3) is 0.167. The van der Waals surface area contributed by atoms with Crippen LogP contribution in [0.5, 0.6) is 0 Å². The molecule has 1 nitrogen and oxygen atoms in total. The molecule has 0 N–H and O–H groups in total. The first kappa shape index (κ1) is 13.2. The van der Waals surface area contributed by atoms with Crippen molar-refractivity contribution in [3.05, 3.63) is 60.2 Å². The highest BCUT2D eigenvalue weighted by molar-refractivity contribution is 8.14. The second kappa shape index (κ2) is 5.68. The van der Waals surface area contributed by atoms with E-state index in [0.29, 0.717) is 0 Å². The Kier molecular flexibility index (Phi) is 3.75. The van der Waals surface area contributed by atoms with Crippen molar-refractivity contribution in [3.8, 4) is 0 Å². The van der Waals surface area contributed by atoms with E-state index in [1.807, 2.05) is 36.4 Å². The van der Waals surface area contributed by atoms with Gasteiger partial charge in [0.15, 0.2) is 0 Å². The Morgan fingerprint density at radius 3 is 2.05 bits per heavy atom. The van der Waals surface area contributed by atoms with Crippen molar-refractivity contribution < 1.29 is 4.79 Å². The molecule has 3 rings (SSSR count). The van der Waals surface area contributed by atoms with Crippen LogP contribution in [-0.4, -0.2) is 10.9 Å². The lowest BCUT2D eigenvalue weighted by Gasteiger charge is -2.10. The van der Waals surface area contributed by atoms with Gasteiger partial charge in [-0.1, -0.05) is 67.2 Å². The van der Waals surface area contributed by atoms with Gasteiger partial charge in [-0.2, -0.15) is 0 Å². The van der Waals surface area contributed by atoms with Crippen LogP contribution in [0.2, 0.25) is 0 Å². The summed E-state index contributed by atoms with van der Waals surface area (Å²) in [6.07, 6.45) is 1.01. The van der Waals surface area contributed by atoms with Gasteiger partial charge in [-0.15, -0.1) is 0 Å². The summed E-state index contributed by atoms with van der Waals surface area (Å²) < 4.78 is 0. The normalized spacial score (nSPS) is 11.1. The number of rotatable bonds is 3. The Morgan fingerprint density at radius 2 is 1.50 bits per heavy atom. The maximum absolute atomic E-state index is 12.6. The van der Waals surface area contributed by atoms with Gasteiger partial charge in [-0.05, 0) is 34.0 Å². The number of thioether (sulfide) groups is 1. The van der Waals surface area contributed by atoms with E-state index in [4.69, 9.17) is 0 Å². The van der Waals surface area contributed by atoms with Gasteiger partial charge in [0.1, 0.15) is 0 Å². The predicted octanol–water partition coefficient (Wildman–Crippen LogP) is 5.28. The second-order valence-electron chi connectivity index (χ2n) is 4.83. The zero-order chi connectivity index (χ0) is 13.9. The zero-order valence-corrected chi connectivity index (χ0v) is 12.2. The standard InChI is InChI=1S/C18H16OS/c1-2-11-20-18(19)17-15-9-5-3-7-13(15)12-14-8-4-6-10-16(14)17/h3-10,12H,2,11H2,1H3. The maximum Gasteiger partial charge on any atom is 0.220 e. The van der Waals surface area contributed by atoms with Crippen molar-refractivity contribution in [2.24, 2.45) is 0 Å². The van der Waals surface area contributed by atoms with Gasteiger partial charge in [0.25, 0.3) is 0 Å². The molecular weight excluding hydrogens is 264 g/mol. The molecule has 0 aliphatic rings. The number of benzene rings is 3. The molecule has 0 spiro atoms. The minimum atomic E-state index is 0.180. The highest BCUT2D eigenvalue weighted by atomic mass is 32.2. The maximum atomic E-state index is 12.6. The van der Waals surface area contributed by atoms with Crippen molar-refractivity contribution in [1.29, 1.82) is 0 Å². The van der Waals surface area contributed by atoms with Crippen LogP contribution in [0.25, 0.3) is 21.5 Å². The molecule has 0 aliphatic heterocycles. The summed E-state index contributed by atoms with van der Waals surface area (Å²) in [5, 5.41) is 4.55. The summed E-state index contributed by atoms with van der Waals surface area (Å²) in [4.78, 5) is 12.6. The Morgan fingerprint density at radius 1 is 0.950 bits per heavy atom. The number of carbonyl (C=O) groups excluding carboxylic acids is 1. The lowest BCUT2D eigenvalue weighted by molar-refractivity contribution is 0.109. The number of fused-ring (bicyclic) bond motifs is 2. The SMILES string of the molecule is CCCSC(=O)c1c2ccccc2cc2ccccc12. The first-order chi connectivity index (χ1) is 9.81. The van der Waals surface area contributed by atoms with Gasteiger partial charge < -0.3 is 0 Å². The first-order valence-corrected chi connectivity index (χ1v) is 7.87. The molecule has 3 aromatic rings. The Bertz CT molecular complexity index is 723. The second-order valence-corrected chi connectivity index (χ2v) is 5.90. The monoisotopic (exact) mass is 280 g/mol. The van der Waals surface area contributed by atoms with Crippen LogP contribution in [0.1, 0.15) is 23.7 Å². The van der Waals surface area contributed by atoms with Crippen molar-refractivity contribution in [1.82, 2.24) is 0 Å². The van der Waals surface area contributed by atoms with Crippen molar-refractivity contribution >= 4 is 38.4 Å². The third kappa shape index (κ3) is 2.32. The quantitative estimate of drug-likeness (QED) is 0.607. The molecule has 0 saturated heterocycles. The fourth-order valence-electron chi connectivity index (χ4n) is 2.50. The van der Waals surface area contributed by atoms with Crippen molar-refractivity contribution in [2.75, 3.05) is 5.75 Å². The molecule has 2 heteroatoms. The molecule has 20 heavy (non-hydrogen) atoms. The van der Waals surface area contributed by atoms with E-state index < -0.39 is 0 Å². The summed E-state index contributed by atoms with van der Waals surface area (Å²) in [7, 11) is 0. The highest BCUT2D eigenvalue weighted by Crippen LogP contribution is 2.31. The molecule has 0 bridgehead atoms. The van der Waals surface area contributed by atoms with Crippen LogP contribution in [-0.2, 0) is 0 Å². The fourth-order valence-corrected chi connectivity index (χ4v) is 3.25. The van der Waals surface area contributed by atoms with Gasteiger partial charge in [-0.25, -0.2) is 0 Å². The minimum absolute atomic E-state index is 0.180. The summed E-state index contributed by atoms with van der Waals surface area (Å²) in [6, 6.07) is 18.4. The largest absolute Gasteiger partial charge is 0.282 e. The number of carbonyl (C=O) groups is 1. The van der Waals surface area contributed by atoms with E-state index >= 15 is 0 Å². The minimum Gasteiger partial charge on any atom is -0.282 e. The van der Waals surface area contributed by atoms with Gasteiger partial charge in [-0.3, -0.25) is 4.79 Å². The molecule has 0 radical (unpaired) electrons. The molecule has 0 aliphatic carbocycles. The van der Waals surface area contributed by atoms with Gasteiger partial charge in [0, 0.05) is 11.3 Å². The van der Waals surface area contributed by atoms with Gasteiger partial charge >= 0.3 is 0 Å². The smallest absolute Gasteiger partial charge is 0.220 e. The third-order valence-corrected chi connectivity index (χ3v) is 4.49. The lowest BCUT2D eigenvalue weighted by Crippen LogP contribution is -1.98. The van der Waals surface area contributed by atoms with Crippen LogP contribution in [0, 0.1) is 0 Å². The number of hydrogen-bond acceptors (Lipinski definition) is 2. The van der Waals surface area contributed by atoms with E-state index in [0.717, 1.165) is 39.3 Å². The summed E-state index contributed by atoms with van der Waals surface area (Å²) >= 11 is 1.42. The van der Waals surface area contributed by atoms with E-state index in [9.17, 15) is 4.79 Å². The van der Waals surface area contributed by atoms with E-state index in [1.165, 1.54) is 11.8 Å². The molecule has 0 saturated carbocycles. The molecule has 3 aromatic carbocycles. The van der Waals surface area contributed by atoms with Crippen LogP contribution < -0.4 is 0 Å². The Balaban J connectivity index is 2.30. The van der Waals surface area contributed by atoms with Crippen molar-refractivity contribution in [2.45, 2.75) is 13.3 Å². The van der Waals surface area contributed by atoms with Crippen molar-refractivity contribution in [3.63, 3.8) is 0 Å². The first-order valence-electron chi connectivity index (χ1n) is 6.89. The molecule has 0 fully saturated rings. The predicted molar refractivity (Wildman–Crippen MR) is 88.5 cm³/mol. The Labute approximate surface area is 123 Å². The van der Waals surface area contributed by atoms with Crippen LogP contribution in [0.3, 0.4) is 0 Å². The molecule has 100 valence electrons. The molecule has 0 aromatic heterocycles. The van der Waals surface area contributed by atoms with E-state index in [1.54, 1.807) is 0 Å². The average molecular weight is 280 g/mol.